The molecule has 8 nitrogen and oxygen atoms in total. The summed E-state index contributed by atoms with van der Waals surface area (Å²) in [5, 5.41) is 24.5. The number of hydrogen-bond donors (Lipinski definition) is 1. The van der Waals surface area contributed by atoms with Crippen LogP contribution in [-0.2, 0) is 4.79 Å². The summed E-state index contributed by atoms with van der Waals surface area (Å²) in [5.41, 5.74) is 4.85. The number of carboxylic acids is 1. The Bertz CT molecular complexity index is 1320. The molecule has 4 rings (SSSR count). The molecule has 10 heteroatoms. The third-order valence-corrected chi connectivity index (χ3v) is 5.81. The van der Waals surface area contributed by atoms with Gasteiger partial charge in [-0.05, 0) is 35.4 Å². The van der Waals surface area contributed by atoms with Gasteiger partial charge in [-0.25, -0.2) is 5.43 Å². The van der Waals surface area contributed by atoms with E-state index in [1.807, 2.05) is 47.0 Å². The molecule has 0 saturated heterocycles. The number of amides is 1. The minimum absolute atomic E-state index is 0.0570. The molecule has 0 bridgehead atoms. The second-order valence-corrected chi connectivity index (χ2v) is 8.35. The summed E-state index contributed by atoms with van der Waals surface area (Å²) in [5.74, 6) is -0.888. The predicted octanol–water partition coefficient (Wildman–Crippen LogP) is 3.19. The topological polar surface area (TPSA) is 112 Å². The van der Waals surface area contributed by atoms with Gasteiger partial charge in [-0.3, -0.25) is 9.36 Å². The van der Waals surface area contributed by atoms with E-state index in [9.17, 15) is 14.7 Å². The van der Waals surface area contributed by atoms with Crippen molar-refractivity contribution in [2.75, 3.05) is 5.75 Å². The Balaban J connectivity index is 1.46. The number of carbonyl (C=O) groups is 2. The number of hydrazone groups is 1. The first-order chi connectivity index (χ1) is 16.5. The van der Waals surface area contributed by atoms with Crippen LogP contribution in [0.1, 0.15) is 15.9 Å². The molecule has 0 saturated carbocycles. The number of thioether (sulfide) groups is 1. The molecule has 1 heterocycles. The molecule has 4 aromatic rings. The molecule has 170 valence electrons. The fourth-order valence-corrected chi connectivity index (χ4v) is 3.88. The number of nitrogens with zero attached hydrogens (tertiary/aromatic N) is 4. The normalized spacial score (nSPS) is 11.0. The van der Waals surface area contributed by atoms with Gasteiger partial charge >= 0.3 is 0 Å². The highest BCUT2D eigenvalue weighted by molar-refractivity contribution is 7.99. The van der Waals surface area contributed by atoms with Gasteiger partial charge in [0.2, 0.25) is 0 Å². The van der Waals surface area contributed by atoms with E-state index >= 15 is 0 Å². The van der Waals surface area contributed by atoms with Crippen LogP contribution < -0.4 is 10.5 Å². The second kappa shape index (κ2) is 10.8. The first kappa shape index (κ1) is 23.2. The SMILES string of the molecule is O=C(CSc1nnc(-c2ccccc2)n1-c1ccc(Cl)cc1)N/N=C\c1ccc(C(=O)[O-])cc1. The van der Waals surface area contributed by atoms with E-state index in [2.05, 4.69) is 20.7 Å². The molecule has 34 heavy (non-hydrogen) atoms. The number of carboxylic acid groups (broad SMARTS) is 1. The zero-order chi connectivity index (χ0) is 23.9. The molecule has 0 atom stereocenters. The van der Waals surface area contributed by atoms with E-state index in [4.69, 9.17) is 11.6 Å². The fraction of sp³-hybridized carbons (Fsp3) is 0.0417. The number of carbonyl (C=O) groups excluding carboxylic acids is 2. The average Bonchev–Trinajstić information content (AvgIpc) is 3.28. The number of hydrogen-bond acceptors (Lipinski definition) is 7. The average molecular weight is 491 g/mol. The number of halogens is 1. The van der Waals surface area contributed by atoms with E-state index in [-0.39, 0.29) is 17.2 Å². The summed E-state index contributed by atoms with van der Waals surface area (Å²) >= 11 is 7.27. The van der Waals surface area contributed by atoms with Crippen molar-refractivity contribution in [1.29, 1.82) is 0 Å². The van der Waals surface area contributed by atoms with E-state index in [0.29, 0.717) is 21.6 Å². The third-order valence-electron chi connectivity index (χ3n) is 4.63. The maximum atomic E-state index is 12.3. The number of aromatic nitrogens is 3. The lowest BCUT2D eigenvalue weighted by atomic mass is 10.1. The first-order valence-corrected chi connectivity index (χ1v) is 11.4. The van der Waals surface area contributed by atoms with Crippen LogP contribution in [0.3, 0.4) is 0 Å². The van der Waals surface area contributed by atoms with Crippen molar-refractivity contribution >= 4 is 41.5 Å². The Morgan fingerprint density at radius 3 is 2.38 bits per heavy atom. The second-order valence-electron chi connectivity index (χ2n) is 6.98. The molecule has 1 N–H and O–H groups in total. The highest BCUT2D eigenvalue weighted by atomic mass is 35.5. The Hall–Kier alpha value is -3.95. The van der Waals surface area contributed by atoms with Gasteiger partial charge in [-0.2, -0.15) is 5.10 Å². The zero-order valence-corrected chi connectivity index (χ0v) is 19.2. The summed E-state index contributed by atoms with van der Waals surface area (Å²) in [6, 6.07) is 22.8. The summed E-state index contributed by atoms with van der Waals surface area (Å²) in [6.45, 7) is 0. The maximum Gasteiger partial charge on any atom is 0.250 e. The van der Waals surface area contributed by atoms with Gasteiger partial charge in [0, 0.05) is 16.3 Å². The summed E-state index contributed by atoms with van der Waals surface area (Å²) < 4.78 is 1.87. The molecule has 0 aliphatic rings. The van der Waals surface area contributed by atoms with Crippen LogP contribution >= 0.6 is 23.4 Å². The minimum atomic E-state index is -1.25. The summed E-state index contributed by atoms with van der Waals surface area (Å²) in [6.07, 6.45) is 1.42. The molecule has 0 aliphatic heterocycles. The highest BCUT2D eigenvalue weighted by Gasteiger charge is 2.17. The molecular formula is C24H17ClN5O3S-. The summed E-state index contributed by atoms with van der Waals surface area (Å²) in [7, 11) is 0. The fourth-order valence-electron chi connectivity index (χ4n) is 3.01. The van der Waals surface area contributed by atoms with Crippen LogP contribution in [0.25, 0.3) is 17.1 Å². The lowest BCUT2D eigenvalue weighted by molar-refractivity contribution is -0.255. The van der Waals surface area contributed by atoms with Crippen molar-refractivity contribution in [3.63, 3.8) is 0 Å². The van der Waals surface area contributed by atoms with Crippen LogP contribution in [0.4, 0.5) is 0 Å². The van der Waals surface area contributed by atoms with Gasteiger partial charge in [0.15, 0.2) is 11.0 Å². The van der Waals surface area contributed by atoms with Crippen molar-refractivity contribution < 1.29 is 14.7 Å². The molecule has 0 radical (unpaired) electrons. The molecule has 3 aromatic carbocycles. The number of rotatable bonds is 8. The van der Waals surface area contributed by atoms with E-state index < -0.39 is 5.97 Å². The quantitative estimate of drug-likeness (QED) is 0.230. The Kier molecular flexibility index (Phi) is 7.36. The number of nitrogens with one attached hydrogen (secondary N) is 1. The monoisotopic (exact) mass is 490 g/mol. The van der Waals surface area contributed by atoms with Gasteiger partial charge in [0.05, 0.1) is 17.9 Å². The van der Waals surface area contributed by atoms with Gasteiger partial charge in [0.25, 0.3) is 5.91 Å². The Labute approximate surface area is 204 Å². The molecule has 0 aliphatic carbocycles. The maximum absolute atomic E-state index is 12.3. The molecule has 1 aromatic heterocycles. The zero-order valence-electron chi connectivity index (χ0n) is 17.6. The van der Waals surface area contributed by atoms with Crippen molar-refractivity contribution in [2.24, 2.45) is 5.10 Å². The first-order valence-electron chi connectivity index (χ1n) is 10.0. The standard InChI is InChI=1S/C24H18ClN5O3S/c25-19-10-12-20(13-11-19)30-22(17-4-2-1-3-5-17)28-29-24(30)34-15-21(31)27-26-14-16-6-8-18(9-7-16)23(32)33/h1-14H,15H2,(H,27,31)(H,32,33)/p-1/b26-14-. The molecule has 1 amide bonds. The highest BCUT2D eigenvalue weighted by Crippen LogP contribution is 2.28. The smallest absolute Gasteiger partial charge is 0.250 e. The van der Waals surface area contributed by atoms with Gasteiger partial charge < -0.3 is 9.90 Å². The van der Waals surface area contributed by atoms with Crippen LogP contribution in [0.2, 0.25) is 5.02 Å². The van der Waals surface area contributed by atoms with Crippen LogP contribution in [0.15, 0.2) is 89.1 Å². The van der Waals surface area contributed by atoms with Gasteiger partial charge in [-0.1, -0.05) is 78.0 Å². The van der Waals surface area contributed by atoms with Crippen molar-refractivity contribution in [2.45, 2.75) is 5.16 Å². The lowest BCUT2D eigenvalue weighted by Crippen LogP contribution is -2.22. The van der Waals surface area contributed by atoms with E-state index in [1.165, 1.54) is 30.1 Å². The van der Waals surface area contributed by atoms with Crippen LogP contribution in [0.5, 0.6) is 0 Å². The number of aromatic carboxylic acids is 1. The summed E-state index contributed by atoms with van der Waals surface area (Å²) in [4.78, 5) is 23.1. The molecular weight excluding hydrogens is 474 g/mol. The third kappa shape index (κ3) is 5.69. The Morgan fingerprint density at radius 2 is 1.71 bits per heavy atom. The molecule has 0 unspecified atom stereocenters. The lowest BCUT2D eigenvalue weighted by Gasteiger charge is -2.10. The van der Waals surface area contributed by atoms with Crippen molar-refractivity contribution in [1.82, 2.24) is 20.2 Å². The molecule has 0 spiro atoms. The van der Waals surface area contributed by atoms with E-state index in [0.717, 1.165) is 11.3 Å². The van der Waals surface area contributed by atoms with E-state index in [1.54, 1.807) is 24.3 Å². The van der Waals surface area contributed by atoms with Gasteiger partial charge in [0.1, 0.15) is 0 Å². The Morgan fingerprint density at radius 1 is 1.00 bits per heavy atom. The van der Waals surface area contributed by atoms with Crippen LogP contribution in [0, 0.1) is 0 Å². The van der Waals surface area contributed by atoms with Gasteiger partial charge in [-0.15, -0.1) is 10.2 Å². The van der Waals surface area contributed by atoms with Crippen molar-refractivity contribution in [3.05, 3.63) is 95.0 Å². The number of benzene rings is 3. The molecule has 0 fully saturated rings. The predicted molar refractivity (Wildman–Crippen MR) is 129 cm³/mol. The largest absolute Gasteiger partial charge is 0.545 e. The van der Waals surface area contributed by atoms with Crippen LogP contribution in [-0.4, -0.2) is 38.6 Å². The van der Waals surface area contributed by atoms with Crippen molar-refractivity contribution in [3.8, 4) is 17.1 Å². The minimum Gasteiger partial charge on any atom is -0.545 e.